The standard InChI is InChI=1S/C21H19N3O4S/c1-4-28-15-8-5-13(6-9-15)11-18-20(25)24-19(22-23-21(24)29-18)14-7-10-16(26-2)17(12-14)27-3/h5-12H,4H2,1-3H3/b18-11+. The molecule has 0 saturated heterocycles. The molecule has 4 aromatic rings. The quantitative estimate of drug-likeness (QED) is 0.488. The van der Waals surface area contributed by atoms with Crippen LogP contribution in [0, 0.1) is 0 Å². The number of fused-ring (bicyclic) bond motifs is 1. The molecule has 0 aliphatic heterocycles. The van der Waals surface area contributed by atoms with Gasteiger partial charge < -0.3 is 14.2 Å². The van der Waals surface area contributed by atoms with Gasteiger partial charge in [0, 0.05) is 5.56 Å². The summed E-state index contributed by atoms with van der Waals surface area (Å²) in [4.78, 5) is 13.6. The molecule has 0 aliphatic rings. The molecular formula is C21H19N3O4S. The predicted molar refractivity (Wildman–Crippen MR) is 112 cm³/mol. The Bertz CT molecular complexity index is 1260. The lowest BCUT2D eigenvalue weighted by atomic mass is 10.2. The predicted octanol–water partition coefficient (Wildman–Crippen LogP) is 2.78. The number of ether oxygens (including phenoxy) is 3. The monoisotopic (exact) mass is 409 g/mol. The summed E-state index contributed by atoms with van der Waals surface area (Å²) in [6.45, 7) is 2.55. The van der Waals surface area contributed by atoms with Gasteiger partial charge in [-0.2, -0.15) is 0 Å². The van der Waals surface area contributed by atoms with Crippen LogP contribution in [-0.2, 0) is 0 Å². The molecule has 0 amide bonds. The van der Waals surface area contributed by atoms with Gasteiger partial charge in [-0.3, -0.25) is 4.79 Å². The number of nitrogens with zero attached hydrogens (tertiary/aromatic N) is 3. The zero-order valence-corrected chi connectivity index (χ0v) is 17.0. The second-order valence-electron chi connectivity index (χ2n) is 6.13. The Balaban J connectivity index is 1.78. The average molecular weight is 409 g/mol. The second-order valence-corrected chi connectivity index (χ2v) is 7.14. The third kappa shape index (κ3) is 3.54. The van der Waals surface area contributed by atoms with E-state index in [1.165, 1.54) is 15.7 Å². The molecule has 0 saturated carbocycles. The highest BCUT2D eigenvalue weighted by Crippen LogP contribution is 2.31. The fourth-order valence-electron chi connectivity index (χ4n) is 3.00. The van der Waals surface area contributed by atoms with Crippen LogP contribution in [0.25, 0.3) is 22.4 Å². The fraction of sp³-hybridized carbons (Fsp3) is 0.190. The first-order valence-corrected chi connectivity index (χ1v) is 9.81. The van der Waals surface area contributed by atoms with Crippen LogP contribution in [0.5, 0.6) is 17.2 Å². The zero-order valence-electron chi connectivity index (χ0n) is 16.2. The van der Waals surface area contributed by atoms with Gasteiger partial charge in [0.2, 0.25) is 4.96 Å². The molecule has 0 aliphatic carbocycles. The van der Waals surface area contributed by atoms with Gasteiger partial charge in [-0.1, -0.05) is 23.5 Å². The van der Waals surface area contributed by atoms with Crippen molar-refractivity contribution in [1.29, 1.82) is 0 Å². The number of hydrogen-bond donors (Lipinski definition) is 0. The summed E-state index contributed by atoms with van der Waals surface area (Å²) in [6, 6.07) is 13.0. The molecule has 2 aromatic carbocycles. The normalized spacial score (nSPS) is 11.8. The van der Waals surface area contributed by atoms with Crippen LogP contribution in [0.1, 0.15) is 12.5 Å². The molecule has 2 heterocycles. The number of methoxy groups -OCH3 is 2. The van der Waals surface area contributed by atoms with Crippen LogP contribution < -0.4 is 24.3 Å². The Morgan fingerprint density at radius 2 is 1.79 bits per heavy atom. The van der Waals surface area contributed by atoms with E-state index in [0.717, 1.165) is 16.9 Å². The summed E-state index contributed by atoms with van der Waals surface area (Å²) >= 11 is 1.30. The maximum absolute atomic E-state index is 13.0. The molecule has 7 nitrogen and oxygen atoms in total. The van der Waals surface area contributed by atoms with Crippen molar-refractivity contribution in [2.24, 2.45) is 0 Å². The van der Waals surface area contributed by atoms with Crippen molar-refractivity contribution in [2.45, 2.75) is 6.92 Å². The molecule has 148 valence electrons. The van der Waals surface area contributed by atoms with E-state index in [9.17, 15) is 4.79 Å². The minimum atomic E-state index is -0.159. The molecule has 0 bridgehead atoms. The van der Waals surface area contributed by atoms with Crippen molar-refractivity contribution in [3.63, 3.8) is 0 Å². The Labute approximate surface area is 170 Å². The van der Waals surface area contributed by atoms with Crippen LogP contribution in [0.2, 0.25) is 0 Å². The van der Waals surface area contributed by atoms with Gasteiger partial charge in [0.1, 0.15) is 5.75 Å². The first-order chi connectivity index (χ1) is 14.1. The highest BCUT2D eigenvalue weighted by molar-refractivity contribution is 7.15. The van der Waals surface area contributed by atoms with E-state index in [1.807, 2.05) is 43.3 Å². The lowest BCUT2D eigenvalue weighted by Gasteiger charge is -2.08. The first-order valence-electron chi connectivity index (χ1n) is 8.99. The van der Waals surface area contributed by atoms with E-state index in [4.69, 9.17) is 14.2 Å². The molecule has 0 fully saturated rings. The van der Waals surface area contributed by atoms with Gasteiger partial charge in [-0.15, -0.1) is 10.2 Å². The van der Waals surface area contributed by atoms with E-state index in [2.05, 4.69) is 10.2 Å². The third-order valence-corrected chi connectivity index (χ3v) is 5.34. The number of hydrogen-bond acceptors (Lipinski definition) is 7. The average Bonchev–Trinajstić information content (AvgIpc) is 3.29. The third-order valence-electron chi connectivity index (χ3n) is 4.38. The van der Waals surface area contributed by atoms with Gasteiger partial charge in [-0.05, 0) is 48.9 Å². The van der Waals surface area contributed by atoms with E-state index in [-0.39, 0.29) is 5.56 Å². The highest BCUT2D eigenvalue weighted by Gasteiger charge is 2.16. The maximum Gasteiger partial charge on any atom is 0.276 e. The van der Waals surface area contributed by atoms with E-state index in [0.29, 0.717) is 33.4 Å². The minimum Gasteiger partial charge on any atom is -0.494 e. The maximum atomic E-state index is 13.0. The van der Waals surface area contributed by atoms with Crippen LogP contribution in [0.4, 0.5) is 0 Å². The molecular weight excluding hydrogens is 390 g/mol. The second kappa shape index (κ2) is 7.92. The molecule has 0 unspecified atom stereocenters. The first kappa shape index (κ1) is 18.9. The van der Waals surface area contributed by atoms with Crippen LogP contribution in [-0.4, -0.2) is 35.4 Å². The molecule has 29 heavy (non-hydrogen) atoms. The van der Waals surface area contributed by atoms with Crippen molar-refractivity contribution in [1.82, 2.24) is 14.6 Å². The molecule has 0 atom stereocenters. The van der Waals surface area contributed by atoms with Gasteiger partial charge in [0.25, 0.3) is 5.56 Å². The Hall–Kier alpha value is -3.39. The number of thiazole rings is 1. The van der Waals surface area contributed by atoms with Crippen LogP contribution in [0.3, 0.4) is 0 Å². The summed E-state index contributed by atoms with van der Waals surface area (Å²) in [5.41, 5.74) is 1.47. The molecule has 0 N–H and O–H groups in total. The van der Waals surface area contributed by atoms with Crippen molar-refractivity contribution in [2.75, 3.05) is 20.8 Å². The summed E-state index contributed by atoms with van der Waals surface area (Å²) < 4.78 is 18.2. The number of benzene rings is 2. The molecule has 0 spiro atoms. The van der Waals surface area contributed by atoms with Gasteiger partial charge >= 0.3 is 0 Å². The number of rotatable bonds is 6. The lowest BCUT2D eigenvalue weighted by molar-refractivity contribution is 0.340. The SMILES string of the molecule is CCOc1ccc(/C=c2/sc3nnc(-c4ccc(OC)c(OC)c4)n3c2=O)cc1. The lowest BCUT2D eigenvalue weighted by Crippen LogP contribution is -2.23. The van der Waals surface area contributed by atoms with Crippen LogP contribution in [0.15, 0.2) is 47.3 Å². The molecule has 4 rings (SSSR count). The highest BCUT2D eigenvalue weighted by atomic mass is 32.1. The fourth-order valence-corrected chi connectivity index (χ4v) is 3.92. The summed E-state index contributed by atoms with van der Waals surface area (Å²) in [5.74, 6) is 2.43. The van der Waals surface area contributed by atoms with E-state index >= 15 is 0 Å². The van der Waals surface area contributed by atoms with Crippen molar-refractivity contribution < 1.29 is 14.2 Å². The molecule has 0 radical (unpaired) electrons. The number of aromatic nitrogens is 3. The zero-order chi connectivity index (χ0) is 20.4. The van der Waals surface area contributed by atoms with Gasteiger partial charge in [0.15, 0.2) is 17.3 Å². The van der Waals surface area contributed by atoms with Gasteiger partial charge in [-0.25, -0.2) is 4.40 Å². The smallest absolute Gasteiger partial charge is 0.276 e. The Morgan fingerprint density at radius 3 is 2.48 bits per heavy atom. The molecule has 2 aromatic heterocycles. The van der Waals surface area contributed by atoms with Crippen LogP contribution >= 0.6 is 11.3 Å². The minimum absolute atomic E-state index is 0.159. The van der Waals surface area contributed by atoms with Crippen molar-refractivity contribution in [3.05, 3.63) is 62.9 Å². The summed E-state index contributed by atoms with van der Waals surface area (Å²) in [7, 11) is 3.14. The summed E-state index contributed by atoms with van der Waals surface area (Å²) in [5, 5.41) is 8.37. The topological polar surface area (TPSA) is 75.0 Å². The Kier molecular flexibility index (Phi) is 5.18. The van der Waals surface area contributed by atoms with Gasteiger partial charge in [0.05, 0.1) is 25.4 Å². The van der Waals surface area contributed by atoms with Crippen molar-refractivity contribution in [3.8, 4) is 28.6 Å². The summed E-state index contributed by atoms with van der Waals surface area (Å²) in [6.07, 6.45) is 1.84. The molecule has 8 heteroatoms. The largest absolute Gasteiger partial charge is 0.494 e. The Morgan fingerprint density at radius 1 is 1.03 bits per heavy atom. The van der Waals surface area contributed by atoms with Crippen molar-refractivity contribution >= 4 is 22.4 Å². The van der Waals surface area contributed by atoms with E-state index in [1.54, 1.807) is 26.4 Å². The van der Waals surface area contributed by atoms with E-state index < -0.39 is 0 Å².